The minimum Gasteiger partial charge on any atom is -0.391 e. The van der Waals surface area contributed by atoms with Crippen molar-refractivity contribution in [1.29, 1.82) is 0 Å². The first-order valence-electron chi connectivity index (χ1n) is 14.9. The molecule has 0 aromatic heterocycles. The lowest BCUT2D eigenvalue weighted by Gasteiger charge is -2.34. The van der Waals surface area contributed by atoms with Crippen LogP contribution in [0.2, 0.25) is 0 Å². The number of aliphatic hydroxyl groups excluding tert-OH is 1. The molecular formula is C32H46F3N5O4. The third-order valence-electron chi connectivity index (χ3n) is 7.10. The number of benzene rings is 2. The Balaban J connectivity index is 2.20. The van der Waals surface area contributed by atoms with Gasteiger partial charge in [0.1, 0.15) is 0 Å². The van der Waals surface area contributed by atoms with Crippen molar-refractivity contribution in [3.8, 4) is 0 Å². The van der Waals surface area contributed by atoms with E-state index in [-0.39, 0.29) is 17.8 Å². The number of hydrogen-bond acceptors (Lipinski definition) is 5. The molecule has 0 bridgehead atoms. The first kappa shape index (κ1) is 36.6. The number of carbonyl (C=O) groups excluding carboxylic acids is 3. The zero-order chi connectivity index (χ0) is 33.2. The van der Waals surface area contributed by atoms with E-state index in [1.165, 1.54) is 0 Å². The van der Waals surface area contributed by atoms with Gasteiger partial charge in [-0.25, -0.2) is 4.79 Å². The largest absolute Gasteiger partial charge is 0.416 e. The van der Waals surface area contributed by atoms with Crippen molar-refractivity contribution in [3.63, 3.8) is 0 Å². The summed E-state index contributed by atoms with van der Waals surface area (Å²) in [4.78, 5) is 40.3. The fourth-order valence-electron chi connectivity index (χ4n) is 4.66. The lowest BCUT2D eigenvalue weighted by atomic mass is 10.0. The Hall–Kier alpha value is -3.64. The van der Waals surface area contributed by atoms with Gasteiger partial charge in [-0.1, -0.05) is 37.1 Å². The van der Waals surface area contributed by atoms with Crippen LogP contribution in [0.1, 0.15) is 80.1 Å². The average Bonchev–Trinajstić information content (AvgIpc) is 2.91. The Kier molecular flexibility index (Phi) is 13.7. The number of alkyl halides is 3. The number of aryl methyl sites for hydroxylation is 2. The summed E-state index contributed by atoms with van der Waals surface area (Å²) in [5, 5.41) is 21.0. The molecule has 5 N–H and O–H groups in total. The molecule has 0 unspecified atom stereocenters. The molecule has 244 valence electrons. The number of rotatable bonds is 14. The first-order valence-corrected chi connectivity index (χ1v) is 14.9. The van der Waals surface area contributed by atoms with Crippen LogP contribution >= 0.6 is 0 Å². The van der Waals surface area contributed by atoms with Crippen LogP contribution in [-0.2, 0) is 17.5 Å². The lowest BCUT2D eigenvalue weighted by Crippen LogP contribution is -2.53. The highest BCUT2D eigenvalue weighted by Crippen LogP contribution is 2.32. The zero-order valence-electron chi connectivity index (χ0n) is 26.6. The monoisotopic (exact) mass is 621 g/mol. The second-order valence-corrected chi connectivity index (χ2v) is 11.7. The maximum atomic E-state index is 13.4. The summed E-state index contributed by atoms with van der Waals surface area (Å²) in [5.41, 5.74) is 1.73. The molecule has 4 amide bonds. The van der Waals surface area contributed by atoms with E-state index in [0.29, 0.717) is 32.0 Å². The molecule has 2 atom stereocenters. The number of nitrogens with one attached hydrogen (secondary N) is 4. The Morgan fingerprint density at radius 3 is 2.23 bits per heavy atom. The number of halogens is 3. The van der Waals surface area contributed by atoms with Crippen molar-refractivity contribution in [3.05, 3.63) is 64.2 Å². The van der Waals surface area contributed by atoms with Crippen LogP contribution in [0.5, 0.6) is 0 Å². The Morgan fingerprint density at radius 2 is 1.66 bits per heavy atom. The molecule has 0 radical (unpaired) electrons. The van der Waals surface area contributed by atoms with Gasteiger partial charge in [-0.05, 0) is 77.3 Å². The van der Waals surface area contributed by atoms with Crippen molar-refractivity contribution in [2.45, 2.75) is 98.3 Å². The van der Waals surface area contributed by atoms with Gasteiger partial charge in [0.15, 0.2) is 0 Å². The Bertz CT molecular complexity index is 1280. The zero-order valence-corrected chi connectivity index (χ0v) is 26.6. The van der Waals surface area contributed by atoms with Gasteiger partial charge in [-0.15, -0.1) is 0 Å². The number of nitrogens with zero attached hydrogens (tertiary/aromatic N) is 1. The van der Waals surface area contributed by atoms with E-state index in [9.17, 15) is 32.7 Å². The van der Waals surface area contributed by atoms with Crippen LogP contribution in [0.25, 0.3) is 0 Å². The summed E-state index contributed by atoms with van der Waals surface area (Å²) >= 11 is 0. The van der Waals surface area contributed by atoms with E-state index in [4.69, 9.17) is 0 Å². The molecular weight excluding hydrogens is 575 g/mol. The molecule has 12 heteroatoms. The molecule has 2 aromatic rings. The second-order valence-electron chi connectivity index (χ2n) is 11.7. The van der Waals surface area contributed by atoms with Crippen LogP contribution < -0.4 is 21.3 Å². The highest BCUT2D eigenvalue weighted by atomic mass is 19.4. The van der Waals surface area contributed by atoms with Crippen LogP contribution in [-0.4, -0.2) is 65.2 Å². The molecule has 0 saturated heterocycles. The predicted molar refractivity (Wildman–Crippen MR) is 165 cm³/mol. The maximum Gasteiger partial charge on any atom is 0.416 e. The molecule has 44 heavy (non-hydrogen) atoms. The van der Waals surface area contributed by atoms with E-state index in [2.05, 4.69) is 38.3 Å². The Morgan fingerprint density at radius 1 is 0.977 bits per heavy atom. The molecule has 0 aliphatic carbocycles. The number of amides is 4. The van der Waals surface area contributed by atoms with Crippen molar-refractivity contribution >= 4 is 23.5 Å². The van der Waals surface area contributed by atoms with Gasteiger partial charge >= 0.3 is 12.2 Å². The van der Waals surface area contributed by atoms with Gasteiger partial charge in [0.25, 0.3) is 5.91 Å². The van der Waals surface area contributed by atoms with Crippen LogP contribution in [0.3, 0.4) is 0 Å². The smallest absolute Gasteiger partial charge is 0.391 e. The first-order chi connectivity index (χ1) is 20.5. The lowest BCUT2D eigenvalue weighted by molar-refractivity contribution is -0.137. The topological polar surface area (TPSA) is 123 Å². The fourth-order valence-corrected chi connectivity index (χ4v) is 4.66. The molecule has 2 rings (SSSR count). The summed E-state index contributed by atoms with van der Waals surface area (Å²) < 4.78 is 40.2. The molecule has 0 saturated carbocycles. The number of carbonyl (C=O) groups is 3. The summed E-state index contributed by atoms with van der Waals surface area (Å²) in [7, 11) is 0. The number of anilines is 1. The third-order valence-corrected chi connectivity index (χ3v) is 7.10. The highest BCUT2D eigenvalue weighted by Gasteiger charge is 2.32. The van der Waals surface area contributed by atoms with Crippen LogP contribution in [0, 0.1) is 13.8 Å². The van der Waals surface area contributed by atoms with Gasteiger partial charge in [0.2, 0.25) is 5.91 Å². The summed E-state index contributed by atoms with van der Waals surface area (Å²) in [6.07, 6.45) is -4.48. The van der Waals surface area contributed by atoms with E-state index >= 15 is 0 Å². The van der Waals surface area contributed by atoms with Crippen molar-refractivity contribution in [2.75, 3.05) is 18.4 Å². The normalized spacial score (nSPS) is 13.1. The molecule has 2 aromatic carbocycles. The van der Waals surface area contributed by atoms with Crippen LogP contribution in [0.4, 0.5) is 23.7 Å². The second kappa shape index (κ2) is 16.4. The number of hydrogen-bond donors (Lipinski definition) is 5. The van der Waals surface area contributed by atoms with Crippen molar-refractivity contribution in [2.24, 2.45) is 0 Å². The molecule has 0 aliphatic heterocycles. The maximum absolute atomic E-state index is 13.4. The minimum absolute atomic E-state index is 0.0864. The minimum atomic E-state index is -4.73. The summed E-state index contributed by atoms with van der Waals surface area (Å²) in [6.45, 7) is 13.8. The average molecular weight is 622 g/mol. The molecule has 0 spiro atoms. The number of urea groups is 1. The third kappa shape index (κ3) is 11.5. The van der Waals surface area contributed by atoms with Gasteiger partial charge in [0.05, 0.1) is 35.5 Å². The predicted octanol–water partition coefficient (Wildman–Crippen LogP) is 5.14. The van der Waals surface area contributed by atoms with E-state index in [0.717, 1.165) is 28.8 Å². The molecule has 0 fully saturated rings. The summed E-state index contributed by atoms with van der Waals surface area (Å²) in [5.74, 6) is -1.59. The quantitative estimate of drug-likeness (QED) is 0.200. The van der Waals surface area contributed by atoms with E-state index in [1.807, 2.05) is 40.7 Å². The van der Waals surface area contributed by atoms with Gasteiger partial charge in [-0.2, -0.15) is 13.2 Å². The molecule has 9 nitrogen and oxygen atoms in total. The number of aliphatic hydroxyl groups is 1. The van der Waals surface area contributed by atoms with Gasteiger partial charge in [-0.3, -0.25) is 14.5 Å². The summed E-state index contributed by atoms with van der Waals surface area (Å²) in [6, 6.07) is 7.04. The van der Waals surface area contributed by atoms with Gasteiger partial charge in [0, 0.05) is 25.2 Å². The molecule has 0 heterocycles. The standard InChI is InChI=1S/C32H46F3N5O4/c1-8-9-28(41)27(18-40(20(4)5)17-23-11-10-21(6)14-22(23)7)38-29(42)16-36-30(43)25-15-24(32(33,34)35)12-13-26(25)39-31(44)37-19(2)3/h10-15,19-20,27-28,41H,8-9,16-18H2,1-7H3,(H,36,43)(H,38,42)(H2,37,39,44)/t27-,28-/m0/s1. The van der Waals surface area contributed by atoms with Crippen LogP contribution in [0.15, 0.2) is 36.4 Å². The van der Waals surface area contributed by atoms with Crippen molar-refractivity contribution in [1.82, 2.24) is 20.9 Å². The Labute approximate surface area is 258 Å². The van der Waals surface area contributed by atoms with E-state index < -0.39 is 53.8 Å². The SMILES string of the molecule is CCC[C@H](O)[C@H](CN(Cc1ccc(C)cc1C)C(C)C)NC(=O)CNC(=O)c1cc(C(F)(F)F)ccc1NC(=O)NC(C)C. The highest BCUT2D eigenvalue weighted by molar-refractivity contribution is 6.04. The van der Waals surface area contributed by atoms with Crippen molar-refractivity contribution < 1.29 is 32.7 Å². The fraction of sp³-hybridized carbons (Fsp3) is 0.531. The van der Waals surface area contributed by atoms with Gasteiger partial charge < -0.3 is 26.4 Å². The van der Waals surface area contributed by atoms with E-state index in [1.54, 1.807) is 13.8 Å². The molecule has 0 aliphatic rings.